The van der Waals surface area contributed by atoms with Crippen molar-refractivity contribution >= 4 is 11.0 Å². The maximum Gasteiger partial charge on any atom is 0.139 e. The Bertz CT molecular complexity index is 944. The van der Waals surface area contributed by atoms with Gasteiger partial charge in [-0.15, -0.1) is 6.58 Å². The van der Waals surface area contributed by atoms with Crippen LogP contribution in [0.15, 0.2) is 61.2 Å². The molecular weight excluding hydrogens is 352 g/mol. The van der Waals surface area contributed by atoms with Crippen LogP contribution < -0.4 is 4.74 Å². The summed E-state index contributed by atoms with van der Waals surface area (Å²) in [6.45, 7) is 5.18. The Morgan fingerprint density at radius 1 is 1.25 bits per heavy atom. The molecule has 2 atom stereocenters. The molecule has 0 saturated carbocycles. The number of aliphatic hydroxyl groups is 1. The lowest BCUT2D eigenvalue weighted by molar-refractivity contribution is 0.0803. The third kappa shape index (κ3) is 3.96. The number of allylic oxidation sites excluding steroid dienone is 1. The molecule has 4 rings (SSSR count). The van der Waals surface area contributed by atoms with Gasteiger partial charge < -0.3 is 19.1 Å². The highest BCUT2D eigenvalue weighted by atomic mass is 16.5. The number of aliphatic hydroxyl groups excluding tert-OH is 1. The first-order valence-electron chi connectivity index (χ1n) is 9.82. The molecule has 146 valence electrons. The third-order valence-electron chi connectivity index (χ3n) is 5.06. The molecule has 0 radical (unpaired) electrons. The molecule has 1 aliphatic rings. The molecule has 0 spiro atoms. The van der Waals surface area contributed by atoms with Crippen molar-refractivity contribution in [3.05, 3.63) is 72.6 Å². The lowest BCUT2D eigenvalue weighted by Gasteiger charge is -2.18. The van der Waals surface area contributed by atoms with Gasteiger partial charge in [0.2, 0.25) is 0 Å². The second-order valence-electron chi connectivity index (χ2n) is 7.14. The van der Waals surface area contributed by atoms with E-state index in [9.17, 15) is 5.11 Å². The molecular formula is C23H26N2O3. The van der Waals surface area contributed by atoms with E-state index in [1.807, 2.05) is 54.6 Å². The average molecular weight is 378 g/mol. The summed E-state index contributed by atoms with van der Waals surface area (Å²) in [6, 6.07) is 15.9. The Morgan fingerprint density at radius 3 is 2.89 bits per heavy atom. The van der Waals surface area contributed by atoms with Gasteiger partial charge >= 0.3 is 0 Å². The van der Waals surface area contributed by atoms with Crippen LogP contribution in [-0.2, 0) is 17.7 Å². The van der Waals surface area contributed by atoms with E-state index >= 15 is 0 Å². The molecule has 5 nitrogen and oxygen atoms in total. The van der Waals surface area contributed by atoms with Crippen LogP contribution in [0.3, 0.4) is 0 Å². The third-order valence-corrected chi connectivity index (χ3v) is 5.06. The van der Waals surface area contributed by atoms with Gasteiger partial charge in [-0.05, 0) is 43.0 Å². The van der Waals surface area contributed by atoms with Crippen LogP contribution >= 0.6 is 0 Å². The molecule has 28 heavy (non-hydrogen) atoms. The standard InChI is InChI=1S/C23H26N2O3/c1-2-8-17-9-3-6-12-21(17)28-16-18(26)15-25-20-11-5-4-10-19(20)24-23(25)22-13-7-14-27-22/h2-6,9-12,18,22,26H,1,7-8,13-16H2. The zero-order valence-electron chi connectivity index (χ0n) is 16.0. The number of para-hydroxylation sites is 3. The van der Waals surface area contributed by atoms with E-state index in [0.29, 0.717) is 6.54 Å². The van der Waals surface area contributed by atoms with Crippen molar-refractivity contribution in [2.75, 3.05) is 13.2 Å². The molecule has 1 N–H and O–H groups in total. The van der Waals surface area contributed by atoms with Crippen LogP contribution in [0.4, 0.5) is 0 Å². The summed E-state index contributed by atoms with van der Waals surface area (Å²) in [6.07, 6.45) is 3.93. The van der Waals surface area contributed by atoms with Crippen molar-refractivity contribution in [3.63, 3.8) is 0 Å². The Balaban J connectivity index is 1.51. The molecule has 0 aliphatic carbocycles. The van der Waals surface area contributed by atoms with Gasteiger partial charge in [0.1, 0.15) is 30.4 Å². The molecule has 2 aromatic carbocycles. The lowest BCUT2D eigenvalue weighted by atomic mass is 10.1. The minimum atomic E-state index is -0.658. The van der Waals surface area contributed by atoms with E-state index in [4.69, 9.17) is 14.5 Å². The highest BCUT2D eigenvalue weighted by Gasteiger charge is 2.25. The maximum absolute atomic E-state index is 10.7. The van der Waals surface area contributed by atoms with Crippen molar-refractivity contribution in [3.8, 4) is 5.75 Å². The molecule has 1 fully saturated rings. The average Bonchev–Trinajstić information content (AvgIpc) is 3.36. The molecule has 0 bridgehead atoms. The summed E-state index contributed by atoms with van der Waals surface area (Å²) in [4.78, 5) is 4.78. The van der Waals surface area contributed by atoms with Crippen LogP contribution in [0, 0.1) is 0 Å². The lowest BCUT2D eigenvalue weighted by Crippen LogP contribution is -2.25. The van der Waals surface area contributed by atoms with Crippen LogP contribution in [0.25, 0.3) is 11.0 Å². The van der Waals surface area contributed by atoms with Crippen LogP contribution in [0.2, 0.25) is 0 Å². The Labute approximate surface area is 165 Å². The monoisotopic (exact) mass is 378 g/mol. The van der Waals surface area contributed by atoms with Crippen molar-refractivity contribution in [2.24, 2.45) is 0 Å². The number of hydrogen-bond donors (Lipinski definition) is 1. The number of benzene rings is 2. The number of nitrogens with zero attached hydrogens (tertiary/aromatic N) is 2. The van der Waals surface area contributed by atoms with E-state index in [1.165, 1.54) is 0 Å². The van der Waals surface area contributed by atoms with Gasteiger partial charge in [-0.2, -0.15) is 0 Å². The number of imidazole rings is 1. The fourth-order valence-corrected chi connectivity index (χ4v) is 3.73. The number of rotatable bonds is 8. The molecule has 0 amide bonds. The minimum absolute atomic E-state index is 0.00571. The molecule has 2 unspecified atom stereocenters. The van der Waals surface area contributed by atoms with Crippen molar-refractivity contribution in [1.82, 2.24) is 9.55 Å². The van der Waals surface area contributed by atoms with Crippen LogP contribution in [0.1, 0.15) is 30.3 Å². The van der Waals surface area contributed by atoms with Crippen molar-refractivity contribution in [1.29, 1.82) is 0 Å². The van der Waals surface area contributed by atoms with Gasteiger partial charge in [0.25, 0.3) is 0 Å². The van der Waals surface area contributed by atoms with E-state index in [2.05, 4.69) is 11.1 Å². The summed E-state index contributed by atoms with van der Waals surface area (Å²) in [5.41, 5.74) is 3.01. The van der Waals surface area contributed by atoms with Crippen molar-refractivity contribution in [2.45, 2.75) is 38.0 Å². The molecule has 1 saturated heterocycles. The highest BCUT2D eigenvalue weighted by molar-refractivity contribution is 5.76. The predicted molar refractivity (Wildman–Crippen MR) is 110 cm³/mol. The number of hydrogen-bond acceptors (Lipinski definition) is 4. The van der Waals surface area contributed by atoms with Crippen LogP contribution in [-0.4, -0.2) is 34.0 Å². The summed E-state index contributed by atoms with van der Waals surface area (Å²) in [5, 5.41) is 10.7. The minimum Gasteiger partial charge on any atom is -0.491 e. The second kappa shape index (κ2) is 8.59. The largest absolute Gasteiger partial charge is 0.491 e. The Hall–Kier alpha value is -2.63. The number of fused-ring (bicyclic) bond motifs is 1. The summed E-state index contributed by atoms with van der Waals surface area (Å²) in [7, 11) is 0. The van der Waals surface area contributed by atoms with Gasteiger partial charge in [0.15, 0.2) is 0 Å². The van der Waals surface area contributed by atoms with Gasteiger partial charge in [-0.1, -0.05) is 36.4 Å². The van der Waals surface area contributed by atoms with E-state index in [-0.39, 0.29) is 12.7 Å². The van der Waals surface area contributed by atoms with Crippen molar-refractivity contribution < 1.29 is 14.6 Å². The van der Waals surface area contributed by atoms with E-state index in [1.54, 1.807) is 0 Å². The van der Waals surface area contributed by atoms with Gasteiger partial charge in [0, 0.05) is 6.61 Å². The first-order chi connectivity index (χ1) is 13.8. The SMILES string of the molecule is C=CCc1ccccc1OCC(O)Cn1c(C2CCCO2)nc2ccccc21. The fraction of sp³-hybridized carbons (Fsp3) is 0.348. The van der Waals surface area contributed by atoms with E-state index in [0.717, 1.165) is 54.0 Å². The first kappa shape index (κ1) is 18.7. The Kier molecular flexibility index (Phi) is 5.74. The highest BCUT2D eigenvalue weighted by Crippen LogP contribution is 2.30. The zero-order valence-corrected chi connectivity index (χ0v) is 16.0. The predicted octanol–water partition coefficient (Wildman–Crippen LogP) is 4.06. The van der Waals surface area contributed by atoms with Gasteiger partial charge in [-0.3, -0.25) is 0 Å². The summed E-state index contributed by atoms with van der Waals surface area (Å²) in [5.74, 6) is 1.68. The van der Waals surface area contributed by atoms with E-state index < -0.39 is 6.10 Å². The summed E-state index contributed by atoms with van der Waals surface area (Å²) >= 11 is 0. The second-order valence-corrected chi connectivity index (χ2v) is 7.14. The molecule has 1 aliphatic heterocycles. The zero-order chi connectivity index (χ0) is 19.3. The molecule has 2 heterocycles. The normalized spacial score (nSPS) is 17.7. The molecule has 3 aromatic rings. The van der Waals surface area contributed by atoms with Gasteiger partial charge in [-0.25, -0.2) is 4.98 Å². The Morgan fingerprint density at radius 2 is 2.07 bits per heavy atom. The number of ether oxygens (including phenoxy) is 2. The maximum atomic E-state index is 10.7. The quantitative estimate of drug-likeness (QED) is 0.601. The number of aromatic nitrogens is 2. The van der Waals surface area contributed by atoms with Crippen LogP contribution in [0.5, 0.6) is 5.75 Å². The fourth-order valence-electron chi connectivity index (χ4n) is 3.73. The molecule has 1 aromatic heterocycles. The topological polar surface area (TPSA) is 56.5 Å². The van der Waals surface area contributed by atoms with Gasteiger partial charge in [0.05, 0.1) is 17.6 Å². The first-order valence-corrected chi connectivity index (χ1v) is 9.82. The summed E-state index contributed by atoms with van der Waals surface area (Å²) < 4.78 is 13.9. The smallest absolute Gasteiger partial charge is 0.139 e. The molecule has 5 heteroatoms.